The number of benzene rings is 1. The van der Waals surface area contributed by atoms with Gasteiger partial charge in [-0.3, -0.25) is 4.79 Å². The molecule has 7 heteroatoms. The summed E-state index contributed by atoms with van der Waals surface area (Å²) in [6.07, 6.45) is 1.42. The van der Waals surface area contributed by atoms with Gasteiger partial charge in [-0.15, -0.1) is 0 Å². The Kier molecular flexibility index (Phi) is 7.76. The van der Waals surface area contributed by atoms with Crippen LogP contribution in [0.1, 0.15) is 12.5 Å². The zero-order valence-electron chi connectivity index (χ0n) is 12.3. The van der Waals surface area contributed by atoms with Gasteiger partial charge in [-0.2, -0.15) is 0 Å². The summed E-state index contributed by atoms with van der Waals surface area (Å²) < 4.78 is 23.9. The van der Waals surface area contributed by atoms with E-state index >= 15 is 0 Å². The van der Waals surface area contributed by atoms with Crippen molar-refractivity contribution < 1.29 is 23.5 Å². The van der Waals surface area contributed by atoms with Gasteiger partial charge >= 0.3 is 5.97 Å². The van der Waals surface area contributed by atoms with Crippen molar-refractivity contribution in [2.45, 2.75) is 13.0 Å². The Morgan fingerprint density at radius 2 is 2.18 bits per heavy atom. The average Bonchev–Trinajstić information content (AvgIpc) is 2.48. The fourth-order valence-electron chi connectivity index (χ4n) is 1.49. The predicted molar refractivity (Wildman–Crippen MR) is 83.6 cm³/mol. The van der Waals surface area contributed by atoms with Crippen LogP contribution in [0.3, 0.4) is 0 Å². The first-order valence-electron chi connectivity index (χ1n) is 6.54. The van der Waals surface area contributed by atoms with Crippen LogP contribution in [-0.2, 0) is 19.1 Å². The van der Waals surface area contributed by atoms with E-state index in [4.69, 9.17) is 9.47 Å². The van der Waals surface area contributed by atoms with Crippen LogP contribution >= 0.6 is 15.9 Å². The van der Waals surface area contributed by atoms with E-state index < -0.39 is 23.8 Å². The minimum Gasteiger partial charge on any atom is -0.449 e. The van der Waals surface area contributed by atoms with E-state index in [0.29, 0.717) is 17.6 Å². The highest BCUT2D eigenvalue weighted by atomic mass is 79.9. The molecule has 0 saturated carbocycles. The van der Waals surface area contributed by atoms with Crippen molar-refractivity contribution in [3.05, 3.63) is 40.1 Å². The van der Waals surface area contributed by atoms with Gasteiger partial charge in [-0.1, -0.05) is 15.9 Å². The smallest absolute Gasteiger partial charge is 0.331 e. The Morgan fingerprint density at radius 3 is 2.86 bits per heavy atom. The van der Waals surface area contributed by atoms with E-state index in [1.54, 1.807) is 6.07 Å². The second kappa shape index (κ2) is 9.32. The van der Waals surface area contributed by atoms with E-state index in [2.05, 4.69) is 21.2 Å². The molecule has 0 bridgehead atoms. The molecule has 1 aromatic rings. The fourth-order valence-corrected chi connectivity index (χ4v) is 1.87. The average molecular weight is 374 g/mol. The number of hydrogen-bond acceptors (Lipinski definition) is 4. The molecule has 0 spiro atoms. The Balaban J connectivity index is 2.53. The Hall–Kier alpha value is -1.73. The number of halogens is 2. The van der Waals surface area contributed by atoms with Gasteiger partial charge in [0.25, 0.3) is 5.91 Å². The van der Waals surface area contributed by atoms with E-state index in [-0.39, 0.29) is 5.56 Å². The third-order valence-corrected chi connectivity index (χ3v) is 3.12. The van der Waals surface area contributed by atoms with Crippen molar-refractivity contribution in [2.24, 2.45) is 0 Å². The summed E-state index contributed by atoms with van der Waals surface area (Å²) in [6.45, 7) is 2.15. The summed E-state index contributed by atoms with van der Waals surface area (Å²) in [5.41, 5.74) is 0.239. The number of carbonyl (C=O) groups is 2. The van der Waals surface area contributed by atoms with Crippen molar-refractivity contribution >= 4 is 33.9 Å². The fraction of sp³-hybridized carbons (Fsp3) is 0.333. The maximum atomic E-state index is 13.5. The van der Waals surface area contributed by atoms with E-state index in [1.807, 2.05) is 0 Å². The molecule has 0 fully saturated rings. The van der Waals surface area contributed by atoms with Crippen molar-refractivity contribution in [1.82, 2.24) is 5.32 Å². The van der Waals surface area contributed by atoms with E-state index in [1.165, 1.54) is 32.2 Å². The number of methoxy groups -OCH3 is 1. The number of rotatable bonds is 7. The molecular weight excluding hydrogens is 357 g/mol. The minimum atomic E-state index is -0.943. The van der Waals surface area contributed by atoms with Crippen LogP contribution < -0.4 is 5.32 Å². The van der Waals surface area contributed by atoms with Crippen LogP contribution in [0.5, 0.6) is 0 Å². The van der Waals surface area contributed by atoms with Gasteiger partial charge in [-0.25, -0.2) is 9.18 Å². The minimum absolute atomic E-state index is 0.239. The topological polar surface area (TPSA) is 64.6 Å². The lowest BCUT2D eigenvalue weighted by molar-refractivity contribution is -0.150. The number of ether oxygens (including phenoxy) is 2. The van der Waals surface area contributed by atoms with E-state index in [0.717, 1.165) is 6.08 Å². The largest absolute Gasteiger partial charge is 0.449 e. The molecule has 120 valence electrons. The first-order valence-corrected chi connectivity index (χ1v) is 7.33. The first-order chi connectivity index (χ1) is 10.4. The van der Waals surface area contributed by atoms with Gasteiger partial charge in [0.1, 0.15) is 5.82 Å². The molecule has 0 aliphatic carbocycles. The summed E-state index contributed by atoms with van der Waals surface area (Å²) in [5, 5.41) is 2.55. The molecule has 0 saturated heterocycles. The summed E-state index contributed by atoms with van der Waals surface area (Å²) in [4.78, 5) is 23.2. The second-order valence-corrected chi connectivity index (χ2v) is 5.28. The lowest BCUT2D eigenvalue weighted by Crippen LogP contribution is -2.37. The van der Waals surface area contributed by atoms with Crippen molar-refractivity contribution in [2.75, 3.05) is 20.3 Å². The van der Waals surface area contributed by atoms with Crippen LogP contribution in [-0.4, -0.2) is 38.2 Å². The van der Waals surface area contributed by atoms with E-state index in [9.17, 15) is 14.0 Å². The predicted octanol–water partition coefficient (Wildman–Crippen LogP) is 2.30. The molecule has 0 unspecified atom stereocenters. The first kappa shape index (κ1) is 18.3. The molecule has 1 atom stereocenters. The summed E-state index contributed by atoms with van der Waals surface area (Å²) >= 11 is 3.21. The van der Waals surface area contributed by atoms with Gasteiger partial charge in [0.2, 0.25) is 0 Å². The Labute approximate surface area is 136 Å². The van der Waals surface area contributed by atoms with Crippen LogP contribution in [0.25, 0.3) is 6.08 Å². The number of amides is 1. The van der Waals surface area contributed by atoms with Gasteiger partial charge < -0.3 is 14.8 Å². The Morgan fingerprint density at radius 1 is 1.45 bits per heavy atom. The maximum Gasteiger partial charge on any atom is 0.331 e. The Bertz CT molecular complexity index is 562. The second-order valence-electron chi connectivity index (χ2n) is 4.36. The number of hydrogen-bond donors (Lipinski definition) is 1. The highest BCUT2D eigenvalue weighted by molar-refractivity contribution is 9.10. The quantitative estimate of drug-likeness (QED) is 0.452. The molecular formula is C15H17BrFNO4. The van der Waals surface area contributed by atoms with Gasteiger partial charge in [0.05, 0.1) is 6.61 Å². The molecule has 1 rings (SSSR count). The van der Waals surface area contributed by atoms with Gasteiger partial charge in [0, 0.05) is 29.8 Å². The van der Waals surface area contributed by atoms with Crippen LogP contribution in [0.4, 0.5) is 4.39 Å². The molecule has 0 aliphatic heterocycles. The molecule has 0 radical (unpaired) electrons. The monoisotopic (exact) mass is 373 g/mol. The maximum absolute atomic E-state index is 13.5. The number of esters is 1. The molecule has 0 aromatic heterocycles. The summed E-state index contributed by atoms with van der Waals surface area (Å²) in [5.74, 6) is -1.61. The van der Waals surface area contributed by atoms with Crippen molar-refractivity contribution in [3.63, 3.8) is 0 Å². The van der Waals surface area contributed by atoms with Gasteiger partial charge in [0.15, 0.2) is 6.10 Å². The van der Waals surface area contributed by atoms with Crippen LogP contribution in [0.15, 0.2) is 28.7 Å². The molecule has 1 amide bonds. The summed E-state index contributed by atoms with van der Waals surface area (Å²) in [6, 6.07) is 4.36. The SMILES string of the molecule is COCCNC(=O)[C@@H](C)OC(=O)/C=C/c1cc(Br)ccc1F. The zero-order chi connectivity index (χ0) is 16.5. The molecule has 22 heavy (non-hydrogen) atoms. The van der Waals surface area contributed by atoms with Crippen molar-refractivity contribution in [1.29, 1.82) is 0 Å². The third-order valence-electron chi connectivity index (χ3n) is 2.62. The highest BCUT2D eigenvalue weighted by Gasteiger charge is 2.15. The highest BCUT2D eigenvalue weighted by Crippen LogP contribution is 2.16. The van der Waals surface area contributed by atoms with Crippen LogP contribution in [0, 0.1) is 5.82 Å². The van der Waals surface area contributed by atoms with Crippen LogP contribution in [0.2, 0.25) is 0 Å². The zero-order valence-corrected chi connectivity index (χ0v) is 13.9. The number of nitrogens with one attached hydrogen (secondary N) is 1. The third kappa shape index (κ3) is 6.36. The molecule has 1 aromatic carbocycles. The summed E-state index contributed by atoms with van der Waals surface area (Å²) in [7, 11) is 1.52. The number of carbonyl (C=O) groups excluding carboxylic acids is 2. The normalized spacial score (nSPS) is 12.2. The standard InChI is InChI=1S/C15H17BrFNO4/c1-10(15(20)18-7-8-21-2)22-14(19)6-3-11-9-12(16)4-5-13(11)17/h3-6,9-10H,7-8H2,1-2H3,(H,18,20)/b6-3+/t10-/m1/s1. The van der Waals surface area contributed by atoms with Crippen molar-refractivity contribution in [3.8, 4) is 0 Å². The molecule has 5 nitrogen and oxygen atoms in total. The molecule has 0 heterocycles. The lowest BCUT2D eigenvalue weighted by Gasteiger charge is -2.11. The molecule has 1 N–H and O–H groups in total. The van der Waals surface area contributed by atoms with Gasteiger partial charge in [-0.05, 0) is 31.2 Å². The molecule has 0 aliphatic rings. The lowest BCUT2D eigenvalue weighted by atomic mass is 10.2.